The standard InChI is InChI=1S/C20H37NO3Si/c1-20(2,3)25(6,7)24-17-14-16(18(22)15-17)12-10-8-9-11-13-19(23)21(4)5/h14,17H,8-13,15H2,1-7H3/t17-/m0/s1. The number of amides is 1. The second kappa shape index (κ2) is 9.13. The summed E-state index contributed by atoms with van der Waals surface area (Å²) in [5.74, 6) is 0.450. The highest BCUT2D eigenvalue weighted by molar-refractivity contribution is 6.74. The number of allylic oxidation sites excluding steroid dienone is 1. The van der Waals surface area contributed by atoms with E-state index in [0.29, 0.717) is 12.8 Å². The van der Waals surface area contributed by atoms with Crippen LogP contribution in [-0.4, -0.2) is 45.1 Å². The minimum absolute atomic E-state index is 0.0268. The molecule has 0 aromatic carbocycles. The smallest absolute Gasteiger partial charge is 0.222 e. The van der Waals surface area contributed by atoms with Crippen LogP contribution in [0.4, 0.5) is 0 Å². The number of ketones is 1. The van der Waals surface area contributed by atoms with Crippen LogP contribution >= 0.6 is 0 Å². The van der Waals surface area contributed by atoms with Crippen LogP contribution in [0.3, 0.4) is 0 Å². The van der Waals surface area contributed by atoms with Crippen LogP contribution in [0.2, 0.25) is 18.1 Å². The first kappa shape index (κ1) is 22.1. The Bertz CT molecular complexity index is 504. The molecule has 0 heterocycles. The van der Waals surface area contributed by atoms with Gasteiger partial charge in [0.1, 0.15) is 0 Å². The van der Waals surface area contributed by atoms with E-state index in [4.69, 9.17) is 4.43 Å². The Kier molecular flexibility index (Phi) is 8.07. The first-order chi connectivity index (χ1) is 11.4. The van der Waals surface area contributed by atoms with Gasteiger partial charge in [-0.3, -0.25) is 9.59 Å². The van der Waals surface area contributed by atoms with E-state index in [1.165, 1.54) is 0 Å². The van der Waals surface area contributed by atoms with E-state index in [2.05, 4.69) is 39.9 Å². The highest BCUT2D eigenvalue weighted by Gasteiger charge is 2.40. The topological polar surface area (TPSA) is 46.6 Å². The summed E-state index contributed by atoms with van der Waals surface area (Å²) in [6.45, 7) is 11.1. The van der Waals surface area contributed by atoms with Crippen molar-refractivity contribution in [2.75, 3.05) is 14.1 Å². The molecule has 1 aliphatic carbocycles. The summed E-state index contributed by atoms with van der Waals surface area (Å²) < 4.78 is 6.36. The molecule has 0 aromatic heterocycles. The third-order valence-corrected chi connectivity index (χ3v) is 9.97. The molecule has 0 radical (unpaired) electrons. The minimum Gasteiger partial charge on any atom is -0.410 e. The molecule has 1 aliphatic rings. The number of hydrogen-bond acceptors (Lipinski definition) is 3. The number of Topliss-reactive ketones (excluding diaryl/α,β-unsaturated/α-hetero) is 1. The van der Waals surface area contributed by atoms with Crippen molar-refractivity contribution in [1.82, 2.24) is 4.90 Å². The van der Waals surface area contributed by atoms with Gasteiger partial charge in [0.05, 0.1) is 6.10 Å². The quantitative estimate of drug-likeness (QED) is 0.438. The highest BCUT2D eigenvalue weighted by Crippen LogP contribution is 2.39. The van der Waals surface area contributed by atoms with Crippen molar-refractivity contribution in [3.8, 4) is 0 Å². The van der Waals surface area contributed by atoms with Crippen molar-refractivity contribution < 1.29 is 14.0 Å². The van der Waals surface area contributed by atoms with Crippen LogP contribution in [0.5, 0.6) is 0 Å². The Labute approximate surface area is 155 Å². The van der Waals surface area contributed by atoms with Crippen LogP contribution < -0.4 is 0 Å². The zero-order chi connectivity index (χ0) is 19.3. The largest absolute Gasteiger partial charge is 0.410 e. The van der Waals surface area contributed by atoms with Gasteiger partial charge in [-0.25, -0.2) is 0 Å². The zero-order valence-corrected chi connectivity index (χ0v) is 18.3. The maximum absolute atomic E-state index is 12.2. The lowest BCUT2D eigenvalue weighted by Crippen LogP contribution is -2.43. The lowest BCUT2D eigenvalue weighted by atomic mass is 10.0. The number of nitrogens with zero attached hydrogens (tertiary/aromatic N) is 1. The van der Waals surface area contributed by atoms with Crippen molar-refractivity contribution in [3.63, 3.8) is 0 Å². The highest BCUT2D eigenvalue weighted by atomic mass is 28.4. The van der Waals surface area contributed by atoms with Crippen molar-refractivity contribution in [3.05, 3.63) is 11.6 Å². The summed E-state index contributed by atoms with van der Waals surface area (Å²) >= 11 is 0. The number of carbonyl (C=O) groups is 2. The summed E-state index contributed by atoms with van der Waals surface area (Å²) in [7, 11) is 1.76. The third-order valence-electron chi connectivity index (χ3n) is 5.47. The van der Waals surface area contributed by atoms with E-state index < -0.39 is 8.32 Å². The summed E-state index contributed by atoms with van der Waals surface area (Å²) in [5, 5.41) is 0.163. The predicted octanol–water partition coefficient (Wildman–Crippen LogP) is 4.70. The van der Waals surface area contributed by atoms with Gasteiger partial charge in [-0.05, 0) is 49.0 Å². The van der Waals surface area contributed by atoms with Gasteiger partial charge in [-0.2, -0.15) is 0 Å². The molecule has 0 bridgehead atoms. The molecule has 25 heavy (non-hydrogen) atoms. The van der Waals surface area contributed by atoms with Crippen LogP contribution in [0.25, 0.3) is 0 Å². The van der Waals surface area contributed by atoms with Crippen LogP contribution in [0, 0.1) is 0 Å². The van der Waals surface area contributed by atoms with Gasteiger partial charge in [-0.15, -0.1) is 0 Å². The van der Waals surface area contributed by atoms with E-state index >= 15 is 0 Å². The number of rotatable bonds is 9. The van der Waals surface area contributed by atoms with Crippen LogP contribution in [0.1, 0.15) is 65.7 Å². The molecule has 144 valence electrons. The van der Waals surface area contributed by atoms with Gasteiger partial charge >= 0.3 is 0 Å². The number of hydrogen-bond donors (Lipinski definition) is 0. The molecule has 5 heteroatoms. The lowest BCUT2D eigenvalue weighted by Gasteiger charge is -2.37. The normalized spacial score (nSPS) is 18.4. The zero-order valence-electron chi connectivity index (χ0n) is 17.3. The third kappa shape index (κ3) is 7.06. The Morgan fingerprint density at radius 1 is 1.20 bits per heavy atom. The van der Waals surface area contributed by atoms with E-state index in [0.717, 1.165) is 37.7 Å². The summed E-state index contributed by atoms with van der Waals surface area (Å²) in [4.78, 5) is 25.4. The molecular formula is C20H37NO3Si. The van der Waals surface area contributed by atoms with Crippen molar-refractivity contribution in [2.45, 2.75) is 90.0 Å². The molecule has 0 aliphatic heterocycles. The van der Waals surface area contributed by atoms with Crippen molar-refractivity contribution in [2.24, 2.45) is 0 Å². The molecule has 4 nitrogen and oxygen atoms in total. The predicted molar refractivity (Wildman–Crippen MR) is 106 cm³/mol. The average Bonchev–Trinajstić information content (AvgIpc) is 2.80. The monoisotopic (exact) mass is 367 g/mol. The van der Waals surface area contributed by atoms with Crippen LogP contribution in [-0.2, 0) is 14.0 Å². The SMILES string of the molecule is CN(C)C(=O)CCCCCCC1=C[C@H](O[Si](C)(C)C(C)(C)C)CC1=O. The van der Waals surface area contributed by atoms with Crippen molar-refractivity contribution >= 4 is 20.0 Å². The van der Waals surface area contributed by atoms with Gasteiger partial charge in [0.2, 0.25) is 5.91 Å². The summed E-state index contributed by atoms with van der Waals surface area (Å²) in [6, 6.07) is 0. The molecule has 0 fully saturated rings. The van der Waals surface area contributed by atoms with Gasteiger partial charge in [0, 0.05) is 26.9 Å². The summed E-state index contributed by atoms with van der Waals surface area (Å²) in [5.41, 5.74) is 0.952. The molecule has 0 saturated heterocycles. The molecule has 1 atom stereocenters. The second-order valence-electron chi connectivity index (χ2n) is 8.94. The first-order valence-electron chi connectivity index (χ1n) is 9.56. The van der Waals surface area contributed by atoms with E-state index in [1.54, 1.807) is 19.0 Å². The van der Waals surface area contributed by atoms with E-state index in [9.17, 15) is 9.59 Å². The van der Waals surface area contributed by atoms with E-state index in [1.807, 2.05) is 0 Å². The Morgan fingerprint density at radius 3 is 2.36 bits per heavy atom. The van der Waals surface area contributed by atoms with Gasteiger partial charge in [0.25, 0.3) is 0 Å². The molecule has 0 aromatic rings. The molecule has 0 unspecified atom stereocenters. The Morgan fingerprint density at radius 2 is 1.80 bits per heavy atom. The molecule has 0 N–H and O–H groups in total. The Hall–Kier alpha value is -0.943. The summed E-state index contributed by atoms with van der Waals surface area (Å²) in [6.07, 6.45) is 8.08. The fourth-order valence-corrected chi connectivity index (χ4v) is 3.97. The molecule has 1 rings (SSSR count). The lowest BCUT2D eigenvalue weighted by molar-refractivity contribution is -0.128. The number of unbranched alkanes of at least 4 members (excludes halogenated alkanes) is 3. The minimum atomic E-state index is -1.83. The Balaban J connectivity index is 2.34. The van der Waals surface area contributed by atoms with Crippen LogP contribution in [0.15, 0.2) is 11.6 Å². The first-order valence-corrected chi connectivity index (χ1v) is 12.5. The second-order valence-corrected chi connectivity index (χ2v) is 13.7. The maximum atomic E-state index is 12.2. The maximum Gasteiger partial charge on any atom is 0.222 e. The number of carbonyl (C=O) groups excluding carboxylic acids is 2. The van der Waals surface area contributed by atoms with E-state index in [-0.39, 0.29) is 22.8 Å². The van der Waals surface area contributed by atoms with Gasteiger partial charge in [0.15, 0.2) is 14.1 Å². The molecule has 0 spiro atoms. The average molecular weight is 368 g/mol. The van der Waals surface area contributed by atoms with Gasteiger partial charge in [-0.1, -0.05) is 33.6 Å². The van der Waals surface area contributed by atoms with Crippen molar-refractivity contribution in [1.29, 1.82) is 0 Å². The molecular weight excluding hydrogens is 330 g/mol. The fraction of sp³-hybridized carbons (Fsp3) is 0.800. The fourth-order valence-electron chi connectivity index (χ4n) is 2.71. The molecule has 1 amide bonds. The molecule has 0 saturated carbocycles. The van der Waals surface area contributed by atoms with Gasteiger partial charge < -0.3 is 9.33 Å².